The van der Waals surface area contributed by atoms with Crippen LogP contribution in [0.2, 0.25) is 0 Å². The number of carbonyl (C=O) groups excluding carboxylic acids is 1. The summed E-state index contributed by atoms with van der Waals surface area (Å²) in [6.07, 6.45) is 1.88. The highest BCUT2D eigenvalue weighted by molar-refractivity contribution is 7.89. The van der Waals surface area contributed by atoms with Crippen LogP contribution in [0, 0.1) is 0 Å². The molecule has 8 nitrogen and oxygen atoms in total. The Balaban J connectivity index is 1.87. The summed E-state index contributed by atoms with van der Waals surface area (Å²) in [5.74, 6) is 0.711. The summed E-state index contributed by atoms with van der Waals surface area (Å²) >= 11 is 0. The highest BCUT2D eigenvalue weighted by Gasteiger charge is 2.16. The number of sulfonamides is 1. The molecule has 154 valence electrons. The molecule has 1 heterocycles. The second-order valence-corrected chi connectivity index (χ2v) is 8.09. The van der Waals surface area contributed by atoms with Gasteiger partial charge in [0.2, 0.25) is 10.0 Å². The first-order valence-electron chi connectivity index (χ1n) is 9.16. The van der Waals surface area contributed by atoms with Crippen LogP contribution in [0.4, 0.5) is 0 Å². The number of carbonyl (C=O) groups is 1. The largest absolute Gasteiger partial charge is 0.497 e. The molecule has 3 aromatic rings. The Kier molecular flexibility index (Phi) is 6.19. The SMILES string of the molecule is CCCCn1c(COC(=O)c2ccc(OC)cc2)nc2cc(S(N)(=O)=O)ccc21. The molecule has 0 bridgehead atoms. The van der Waals surface area contributed by atoms with Crippen LogP contribution >= 0.6 is 0 Å². The molecule has 2 aromatic carbocycles. The molecule has 0 atom stereocenters. The molecule has 0 amide bonds. The summed E-state index contributed by atoms with van der Waals surface area (Å²) in [5.41, 5.74) is 1.66. The van der Waals surface area contributed by atoms with Gasteiger partial charge in [0.15, 0.2) is 0 Å². The quantitative estimate of drug-likeness (QED) is 0.564. The maximum atomic E-state index is 12.3. The number of imidazole rings is 1. The Bertz CT molecular complexity index is 1120. The zero-order chi connectivity index (χ0) is 21.0. The van der Waals surface area contributed by atoms with Crippen molar-refractivity contribution in [3.8, 4) is 5.75 Å². The van der Waals surface area contributed by atoms with Crippen molar-refractivity contribution in [3.05, 3.63) is 53.9 Å². The Hall–Kier alpha value is -2.91. The van der Waals surface area contributed by atoms with E-state index >= 15 is 0 Å². The number of fused-ring (bicyclic) bond motifs is 1. The summed E-state index contributed by atoms with van der Waals surface area (Å²) < 4.78 is 35.7. The Morgan fingerprint density at radius 1 is 1.17 bits per heavy atom. The van der Waals surface area contributed by atoms with E-state index in [1.807, 2.05) is 4.57 Å². The van der Waals surface area contributed by atoms with E-state index in [9.17, 15) is 13.2 Å². The number of hydrogen-bond donors (Lipinski definition) is 1. The maximum Gasteiger partial charge on any atom is 0.338 e. The smallest absolute Gasteiger partial charge is 0.338 e. The van der Waals surface area contributed by atoms with Crippen molar-refractivity contribution in [1.82, 2.24) is 9.55 Å². The van der Waals surface area contributed by atoms with E-state index in [-0.39, 0.29) is 11.5 Å². The van der Waals surface area contributed by atoms with Crippen molar-refractivity contribution < 1.29 is 22.7 Å². The molecule has 0 fully saturated rings. The van der Waals surface area contributed by atoms with Crippen LogP contribution in [0.3, 0.4) is 0 Å². The van der Waals surface area contributed by atoms with E-state index in [0.717, 1.165) is 18.4 Å². The van der Waals surface area contributed by atoms with Gasteiger partial charge < -0.3 is 14.0 Å². The van der Waals surface area contributed by atoms with E-state index in [1.54, 1.807) is 37.4 Å². The standard InChI is InChI=1S/C20H23N3O5S/c1-3-4-11-23-18-10-9-16(29(21,25)26)12-17(18)22-19(23)13-28-20(24)14-5-7-15(27-2)8-6-14/h5-10,12H,3-4,11,13H2,1-2H3,(H2,21,25,26). The van der Waals surface area contributed by atoms with Crippen LogP contribution in [-0.2, 0) is 27.9 Å². The third-order valence-electron chi connectivity index (χ3n) is 4.52. The second kappa shape index (κ2) is 8.62. The maximum absolute atomic E-state index is 12.3. The van der Waals surface area contributed by atoms with E-state index in [2.05, 4.69) is 11.9 Å². The molecule has 0 aliphatic heterocycles. The average Bonchev–Trinajstić information content (AvgIpc) is 3.06. The van der Waals surface area contributed by atoms with Gasteiger partial charge in [-0.15, -0.1) is 0 Å². The van der Waals surface area contributed by atoms with Gasteiger partial charge in [-0.1, -0.05) is 13.3 Å². The molecule has 0 aliphatic rings. The Labute approximate surface area is 169 Å². The topological polar surface area (TPSA) is 114 Å². The minimum Gasteiger partial charge on any atom is -0.497 e. The number of hydrogen-bond acceptors (Lipinski definition) is 6. The van der Waals surface area contributed by atoms with Gasteiger partial charge in [-0.25, -0.2) is 23.3 Å². The minimum absolute atomic E-state index is 0.00748. The van der Waals surface area contributed by atoms with Crippen LogP contribution < -0.4 is 9.88 Å². The number of nitrogens with zero attached hydrogens (tertiary/aromatic N) is 2. The van der Waals surface area contributed by atoms with Gasteiger partial charge in [-0.05, 0) is 48.9 Å². The number of aromatic nitrogens is 2. The van der Waals surface area contributed by atoms with Gasteiger partial charge in [0.1, 0.15) is 18.2 Å². The summed E-state index contributed by atoms with van der Waals surface area (Å²) in [5, 5.41) is 5.22. The lowest BCUT2D eigenvalue weighted by Crippen LogP contribution is -2.12. The van der Waals surface area contributed by atoms with Crippen LogP contribution in [0.25, 0.3) is 11.0 Å². The number of primary sulfonamides is 1. The third kappa shape index (κ3) is 4.75. The molecule has 1 aromatic heterocycles. The van der Waals surface area contributed by atoms with Crippen LogP contribution in [-0.4, -0.2) is 31.0 Å². The first kappa shape index (κ1) is 20.8. The van der Waals surface area contributed by atoms with Crippen LogP contribution in [0.1, 0.15) is 35.9 Å². The lowest BCUT2D eigenvalue weighted by molar-refractivity contribution is 0.0458. The predicted octanol–water partition coefficient (Wildman–Crippen LogP) is 2.85. The van der Waals surface area contributed by atoms with Gasteiger partial charge >= 0.3 is 5.97 Å². The second-order valence-electron chi connectivity index (χ2n) is 6.53. The van der Waals surface area contributed by atoms with Crippen molar-refractivity contribution in [1.29, 1.82) is 0 Å². The molecule has 9 heteroatoms. The van der Waals surface area contributed by atoms with Gasteiger partial charge in [0.05, 0.1) is 28.6 Å². The lowest BCUT2D eigenvalue weighted by atomic mass is 10.2. The molecular weight excluding hydrogens is 394 g/mol. The van der Waals surface area contributed by atoms with Gasteiger partial charge in [-0.3, -0.25) is 0 Å². The van der Waals surface area contributed by atoms with E-state index in [0.29, 0.717) is 29.2 Å². The van der Waals surface area contributed by atoms with Crippen molar-refractivity contribution in [2.75, 3.05) is 7.11 Å². The number of rotatable bonds is 8. The molecule has 0 spiro atoms. The Morgan fingerprint density at radius 2 is 1.90 bits per heavy atom. The van der Waals surface area contributed by atoms with Crippen LogP contribution in [0.15, 0.2) is 47.4 Å². The molecule has 0 saturated carbocycles. The highest BCUT2D eigenvalue weighted by atomic mass is 32.2. The van der Waals surface area contributed by atoms with Gasteiger partial charge in [-0.2, -0.15) is 0 Å². The fourth-order valence-corrected chi connectivity index (χ4v) is 3.49. The van der Waals surface area contributed by atoms with Crippen molar-refractivity contribution >= 4 is 27.0 Å². The number of nitrogens with two attached hydrogens (primary N) is 1. The monoisotopic (exact) mass is 417 g/mol. The van der Waals surface area contributed by atoms with E-state index in [4.69, 9.17) is 14.6 Å². The van der Waals surface area contributed by atoms with Crippen molar-refractivity contribution in [2.45, 2.75) is 37.8 Å². The zero-order valence-corrected chi connectivity index (χ0v) is 17.1. The Morgan fingerprint density at radius 3 is 2.52 bits per heavy atom. The molecule has 29 heavy (non-hydrogen) atoms. The average molecular weight is 417 g/mol. The number of unbranched alkanes of at least 4 members (excludes halogenated alkanes) is 1. The number of methoxy groups -OCH3 is 1. The number of esters is 1. The summed E-state index contributed by atoms with van der Waals surface area (Å²) in [6.45, 7) is 2.71. The number of benzene rings is 2. The van der Waals surface area contributed by atoms with Crippen LogP contribution in [0.5, 0.6) is 5.75 Å². The predicted molar refractivity (Wildman–Crippen MR) is 108 cm³/mol. The fraction of sp³-hybridized carbons (Fsp3) is 0.300. The lowest BCUT2D eigenvalue weighted by Gasteiger charge is -2.10. The zero-order valence-electron chi connectivity index (χ0n) is 16.3. The molecule has 0 saturated heterocycles. The van der Waals surface area contributed by atoms with Crippen molar-refractivity contribution in [3.63, 3.8) is 0 Å². The first-order valence-corrected chi connectivity index (χ1v) is 10.7. The normalized spacial score (nSPS) is 11.6. The molecule has 0 radical (unpaired) electrons. The molecular formula is C20H23N3O5S. The van der Waals surface area contributed by atoms with E-state index < -0.39 is 16.0 Å². The number of aryl methyl sites for hydroxylation is 1. The van der Waals surface area contributed by atoms with E-state index in [1.165, 1.54) is 12.1 Å². The highest BCUT2D eigenvalue weighted by Crippen LogP contribution is 2.22. The minimum atomic E-state index is -3.83. The van der Waals surface area contributed by atoms with Gasteiger partial charge in [0, 0.05) is 6.54 Å². The molecule has 0 aliphatic carbocycles. The van der Waals surface area contributed by atoms with Gasteiger partial charge in [0.25, 0.3) is 0 Å². The first-order chi connectivity index (χ1) is 13.8. The molecule has 2 N–H and O–H groups in total. The fourth-order valence-electron chi connectivity index (χ4n) is 2.95. The van der Waals surface area contributed by atoms with Crippen molar-refractivity contribution in [2.24, 2.45) is 5.14 Å². The third-order valence-corrected chi connectivity index (χ3v) is 5.43. The number of ether oxygens (including phenoxy) is 2. The molecule has 3 rings (SSSR count). The summed E-state index contributed by atoms with van der Waals surface area (Å²) in [4.78, 5) is 16.8. The summed E-state index contributed by atoms with van der Waals surface area (Å²) in [7, 11) is -2.28. The summed E-state index contributed by atoms with van der Waals surface area (Å²) in [6, 6.07) is 11.2. The molecule has 0 unspecified atom stereocenters.